The van der Waals surface area contributed by atoms with Crippen LogP contribution in [0.3, 0.4) is 0 Å². The first-order valence-corrected chi connectivity index (χ1v) is 9.45. The molecule has 0 atom stereocenters. The van der Waals surface area contributed by atoms with Crippen molar-refractivity contribution in [1.29, 1.82) is 0 Å². The molecule has 1 fully saturated rings. The van der Waals surface area contributed by atoms with Gasteiger partial charge in [0.05, 0.1) is 18.0 Å². The number of carbonyl (C=O) groups excluding carboxylic acids is 1. The second-order valence-corrected chi connectivity index (χ2v) is 6.75. The van der Waals surface area contributed by atoms with Gasteiger partial charge in [0.2, 0.25) is 0 Å². The number of aromatic nitrogens is 1. The van der Waals surface area contributed by atoms with E-state index in [2.05, 4.69) is 14.9 Å². The van der Waals surface area contributed by atoms with E-state index in [0.29, 0.717) is 25.4 Å². The van der Waals surface area contributed by atoms with Crippen LogP contribution in [0.2, 0.25) is 0 Å². The Morgan fingerprint density at radius 1 is 1.17 bits per heavy atom. The summed E-state index contributed by atoms with van der Waals surface area (Å²) in [6.45, 7) is 2.97. The number of nitrogens with two attached hydrogens (primary N) is 2. The summed E-state index contributed by atoms with van der Waals surface area (Å²) in [5.74, 6) is -0.828. The Kier molecular flexibility index (Phi) is 7.02. The number of hydrogen-bond donors (Lipinski definition) is 2. The Hall–Kier alpha value is -3.40. The molecule has 1 saturated heterocycles. The average molecular weight is 416 g/mol. The highest BCUT2D eigenvalue weighted by Gasteiger charge is 2.21. The third kappa shape index (κ3) is 5.35. The first-order chi connectivity index (χ1) is 14.5. The van der Waals surface area contributed by atoms with Gasteiger partial charge in [-0.15, -0.1) is 4.99 Å². The van der Waals surface area contributed by atoms with Crippen molar-refractivity contribution in [3.63, 3.8) is 0 Å². The minimum atomic E-state index is -0.960. The molecule has 9 nitrogen and oxygen atoms in total. The Labute approximate surface area is 174 Å². The third-order valence-corrected chi connectivity index (χ3v) is 4.71. The maximum atomic E-state index is 15.0. The fourth-order valence-corrected chi connectivity index (χ4v) is 3.29. The number of ether oxygens (including phenoxy) is 2. The predicted molar refractivity (Wildman–Crippen MR) is 112 cm³/mol. The summed E-state index contributed by atoms with van der Waals surface area (Å²) in [6.07, 6.45) is 0.807. The van der Waals surface area contributed by atoms with E-state index in [1.165, 1.54) is 0 Å². The largest absolute Gasteiger partial charge is 0.443 e. The zero-order valence-corrected chi connectivity index (χ0v) is 16.8. The van der Waals surface area contributed by atoms with Gasteiger partial charge < -0.3 is 30.7 Å². The van der Waals surface area contributed by atoms with Crippen molar-refractivity contribution in [3.05, 3.63) is 53.6 Å². The Bertz CT molecular complexity index is 911. The molecular formula is C20H25FN6O3. The van der Waals surface area contributed by atoms with Crippen molar-refractivity contribution >= 4 is 23.4 Å². The lowest BCUT2D eigenvalue weighted by atomic mass is 10.1. The van der Waals surface area contributed by atoms with Gasteiger partial charge >= 0.3 is 6.09 Å². The second kappa shape index (κ2) is 9.88. The van der Waals surface area contributed by atoms with Crippen molar-refractivity contribution < 1.29 is 18.7 Å². The van der Waals surface area contributed by atoms with E-state index in [9.17, 15) is 9.18 Å². The Balaban J connectivity index is 1.63. The molecule has 1 aliphatic heterocycles. The van der Waals surface area contributed by atoms with Crippen LogP contribution in [0.5, 0.6) is 0 Å². The molecule has 1 amide bonds. The highest BCUT2D eigenvalue weighted by Crippen LogP contribution is 2.26. The maximum Gasteiger partial charge on any atom is 0.437 e. The molecule has 4 N–H and O–H groups in total. The number of piperazine rings is 1. The molecule has 3 rings (SSSR count). The number of aliphatic imine (C=N–C) groups is 1. The predicted octanol–water partition coefficient (Wildman–Crippen LogP) is 1.60. The summed E-state index contributed by atoms with van der Waals surface area (Å²) >= 11 is 0. The van der Waals surface area contributed by atoms with Gasteiger partial charge in [0, 0.05) is 50.7 Å². The minimum Gasteiger partial charge on any atom is -0.443 e. The molecule has 1 aromatic heterocycles. The number of carbonyl (C=O) groups is 1. The molecular weight excluding hydrogens is 391 g/mol. The molecule has 0 spiro atoms. The fraction of sp³-hybridized carbons (Fsp3) is 0.350. The summed E-state index contributed by atoms with van der Waals surface area (Å²) in [7, 11) is 1.64. The maximum absolute atomic E-state index is 15.0. The van der Waals surface area contributed by atoms with Crippen molar-refractivity contribution in [2.24, 2.45) is 16.5 Å². The number of amides is 1. The molecule has 0 aliphatic carbocycles. The second-order valence-electron chi connectivity index (χ2n) is 6.75. The fourth-order valence-electron chi connectivity index (χ4n) is 3.29. The zero-order valence-electron chi connectivity index (χ0n) is 16.8. The van der Waals surface area contributed by atoms with Gasteiger partial charge in [0.15, 0.2) is 11.8 Å². The summed E-state index contributed by atoms with van der Waals surface area (Å²) in [5, 5.41) is 0. The Morgan fingerprint density at radius 2 is 1.90 bits per heavy atom. The minimum absolute atomic E-state index is 0.255. The lowest BCUT2D eigenvalue weighted by molar-refractivity contribution is 0.149. The van der Waals surface area contributed by atoms with Crippen LogP contribution in [0, 0.1) is 5.82 Å². The van der Waals surface area contributed by atoms with Crippen LogP contribution in [0.15, 0.2) is 41.5 Å². The topological polar surface area (TPSA) is 119 Å². The van der Waals surface area contributed by atoms with Crippen LogP contribution in [0.1, 0.15) is 11.3 Å². The van der Waals surface area contributed by atoms with Crippen LogP contribution in [-0.4, -0.2) is 50.3 Å². The van der Waals surface area contributed by atoms with Gasteiger partial charge in [-0.1, -0.05) is 12.1 Å². The molecule has 2 heterocycles. The highest BCUT2D eigenvalue weighted by molar-refractivity contribution is 5.87. The molecule has 160 valence electrons. The van der Waals surface area contributed by atoms with Gasteiger partial charge in [-0.05, 0) is 18.2 Å². The number of anilines is 2. The first kappa shape index (κ1) is 21.3. The molecule has 0 radical (unpaired) electrons. The highest BCUT2D eigenvalue weighted by atomic mass is 19.1. The van der Waals surface area contributed by atoms with Gasteiger partial charge in [-0.25, -0.2) is 9.18 Å². The van der Waals surface area contributed by atoms with Crippen LogP contribution < -0.4 is 21.3 Å². The molecule has 0 bridgehead atoms. The summed E-state index contributed by atoms with van der Waals surface area (Å²) < 4.78 is 25.0. The SMILES string of the molecule is COCc1cc(N2CCN(c3cccc(COC(=O)N=C(N)N)c3F)CC2)ccn1. The van der Waals surface area contributed by atoms with E-state index >= 15 is 0 Å². The number of guanidine groups is 1. The number of nitrogens with zero attached hydrogens (tertiary/aromatic N) is 4. The molecule has 1 aromatic carbocycles. The van der Waals surface area contributed by atoms with E-state index in [1.54, 1.807) is 31.5 Å². The lowest BCUT2D eigenvalue weighted by Crippen LogP contribution is -2.47. The van der Waals surface area contributed by atoms with Crippen LogP contribution in [0.25, 0.3) is 0 Å². The van der Waals surface area contributed by atoms with Gasteiger partial charge in [-0.3, -0.25) is 4.98 Å². The Morgan fingerprint density at radius 3 is 2.60 bits per heavy atom. The number of halogens is 1. The molecule has 0 unspecified atom stereocenters. The third-order valence-electron chi connectivity index (χ3n) is 4.71. The van der Waals surface area contributed by atoms with Crippen LogP contribution >= 0.6 is 0 Å². The summed E-state index contributed by atoms with van der Waals surface area (Å²) in [5.41, 5.74) is 12.9. The number of methoxy groups -OCH3 is 1. The van der Waals surface area contributed by atoms with Gasteiger partial charge in [-0.2, -0.15) is 0 Å². The molecule has 2 aromatic rings. The molecule has 30 heavy (non-hydrogen) atoms. The first-order valence-electron chi connectivity index (χ1n) is 9.45. The number of hydrogen-bond acceptors (Lipinski definition) is 6. The average Bonchev–Trinajstić information content (AvgIpc) is 2.73. The number of pyridine rings is 1. The summed E-state index contributed by atoms with van der Waals surface area (Å²) in [4.78, 5) is 23.2. The zero-order chi connectivity index (χ0) is 21.5. The number of benzene rings is 1. The van der Waals surface area contributed by atoms with E-state index in [1.807, 2.05) is 17.0 Å². The van der Waals surface area contributed by atoms with Crippen LogP contribution in [-0.2, 0) is 22.7 Å². The van der Waals surface area contributed by atoms with E-state index < -0.39 is 17.9 Å². The van der Waals surface area contributed by atoms with E-state index in [-0.39, 0.29) is 12.2 Å². The lowest BCUT2D eigenvalue weighted by Gasteiger charge is -2.37. The van der Waals surface area contributed by atoms with Crippen molar-refractivity contribution in [2.75, 3.05) is 43.1 Å². The smallest absolute Gasteiger partial charge is 0.437 e. The molecule has 1 aliphatic rings. The quantitative estimate of drug-likeness (QED) is 0.538. The van der Waals surface area contributed by atoms with Crippen molar-refractivity contribution in [1.82, 2.24) is 4.98 Å². The van der Waals surface area contributed by atoms with E-state index in [4.69, 9.17) is 20.9 Å². The monoisotopic (exact) mass is 416 g/mol. The molecule has 10 heteroatoms. The van der Waals surface area contributed by atoms with Crippen molar-refractivity contribution in [3.8, 4) is 0 Å². The standard InChI is InChI=1S/C20H25FN6O3/c1-29-13-15-11-16(5-6-24-15)26-7-9-27(10-8-26)17-4-2-3-14(18(17)21)12-30-20(28)25-19(22)23/h2-6,11H,7-10,12-13H2,1H3,(H4,22,23,25,28). The normalized spacial score (nSPS) is 13.8. The van der Waals surface area contributed by atoms with Gasteiger partial charge in [0.1, 0.15) is 6.61 Å². The van der Waals surface area contributed by atoms with Crippen LogP contribution in [0.4, 0.5) is 20.6 Å². The number of rotatable bonds is 6. The summed E-state index contributed by atoms with van der Waals surface area (Å²) in [6, 6.07) is 8.97. The molecule has 0 saturated carbocycles. The van der Waals surface area contributed by atoms with Gasteiger partial charge in [0.25, 0.3) is 0 Å². The van der Waals surface area contributed by atoms with Crippen molar-refractivity contribution in [2.45, 2.75) is 13.2 Å². The van der Waals surface area contributed by atoms with E-state index in [0.717, 1.165) is 24.5 Å².